The molecule has 0 atom stereocenters. The Hall–Kier alpha value is -1.62. The highest BCUT2D eigenvalue weighted by atomic mass is 16.5. The van der Waals surface area contributed by atoms with E-state index in [2.05, 4.69) is 5.32 Å². The van der Waals surface area contributed by atoms with Crippen molar-refractivity contribution >= 4 is 11.4 Å². The van der Waals surface area contributed by atoms with Crippen molar-refractivity contribution in [2.75, 3.05) is 31.9 Å². The molecular weight excluding hydrogens is 220 g/mol. The molecule has 1 aromatic carbocycles. The first-order valence-corrected chi connectivity index (χ1v) is 5.55. The van der Waals surface area contributed by atoms with Crippen LogP contribution < -0.4 is 20.5 Å². The lowest BCUT2D eigenvalue weighted by atomic mass is 10.2. The van der Waals surface area contributed by atoms with E-state index in [1.807, 2.05) is 0 Å². The molecule has 1 aliphatic carbocycles. The van der Waals surface area contributed by atoms with Crippen LogP contribution in [-0.2, 0) is 0 Å². The van der Waals surface area contributed by atoms with Gasteiger partial charge in [0.15, 0.2) is 11.5 Å². The third kappa shape index (κ3) is 2.24. The number of rotatable bonds is 5. The van der Waals surface area contributed by atoms with Gasteiger partial charge in [-0.25, -0.2) is 0 Å². The summed E-state index contributed by atoms with van der Waals surface area (Å²) in [5, 5.41) is 12.5. The van der Waals surface area contributed by atoms with Crippen LogP contribution in [0.3, 0.4) is 0 Å². The van der Waals surface area contributed by atoms with E-state index < -0.39 is 0 Å². The Morgan fingerprint density at radius 2 is 1.88 bits per heavy atom. The molecule has 5 nitrogen and oxygen atoms in total. The van der Waals surface area contributed by atoms with Crippen molar-refractivity contribution in [3.63, 3.8) is 0 Å². The summed E-state index contributed by atoms with van der Waals surface area (Å²) in [7, 11) is 3.15. The molecular formula is C12H18N2O3. The van der Waals surface area contributed by atoms with Crippen molar-refractivity contribution in [3.05, 3.63) is 12.1 Å². The number of aliphatic hydroxyl groups is 1. The van der Waals surface area contributed by atoms with Gasteiger partial charge < -0.3 is 25.6 Å². The zero-order chi connectivity index (χ0) is 12.5. The lowest BCUT2D eigenvalue weighted by molar-refractivity contribution is 0.266. The smallest absolute Gasteiger partial charge is 0.162 e. The summed E-state index contributed by atoms with van der Waals surface area (Å²) in [6.07, 6.45) is 1.91. The molecule has 0 saturated heterocycles. The van der Waals surface area contributed by atoms with Crippen LogP contribution in [0.4, 0.5) is 11.4 Å². The average molecular weight is 238 g/mol. The second-order valence-corrected chi connectivity index (χ2v) is 4.36. The van der Waals surface area contributed by atoms with Crippen molar-refractivity contribution in [2.45, 2.75) is 18.4 Å². The van der Waals surface area contributed by atoms with Gasteiger partial charge >= 0.3 is 0 Å². The largest absolute Gasteiger partial charge is 0.493 e. The first-order chi connectivity index (χ1) is 8.14. The lowest BCUT2D eigenvalue weighted by Gasteiger charge is -2.19. The number of nitrogens with two attached hydrogens (primary N) is 1. The first-order valence-electron chi connectivity index (χ1n) is 5.55. The van der Waals surface area contributed by atoms with Crippen LogP contribution >= 0.6 is 0 Å². The Morgan fingerprint density at radius 3 is 2.35 bits per heavy atom. The van der Waals surface area contributed by atoms with Gasteiger partial charge in [0.1, 0.15) is 0 Å². The molecule has 0 spiro atoms. The molecule has 1 saturated carbocycles. The Morgan fingerprint density at radius 1 is 1.29 bits per heavy atom. The quantitative estimate of drug-likeness (QED) is 0.672. The van der Waals surface area contributed by atoms with Gasteiger partial charge in [-0.15, -0.1) is 0 Å². The van der Waals surface area contributed by atoms with Gasteiger partial charge in [0.05, 0.1) is 37.7 Å². The van der Waals surface area contributed by atoms with Crippen LogP contribution in [0.15, 0.2) is 12.1 Å². The van der Waals surface area contributed by atoms with E-state index in [0.29, 0.717) is 17.2 Å². The molecule has 1 aromatic rings. The lowest BCUT2D eigenvalue weighted by Crippen LogP contribution is -2.26. The van der Waals surface area contributed by atoms with E-state index >= 15 is 0 Å². The zero-order valence-electron chi connectivity index (χ0n) is 10.1. The summed E-state index contributed by atoms with van der Waals surface area (Å²) in [6, 6.07) is 3.51. The Kier molecular flexibility index (Phi) is 3.02. The molecule has 0 aliphatic heterocycles. The van der Waals surface area contributed by atoms with Gasteiger partial charge in [0.2, 0.25) is 0 Å². The molecule has 5 heteroatoms. The summed E-state index contributed by atoms with van der Waals surface area (Å²) in [5.74, 6) is 1.22. The van der Waals surface area contributed by atoms with E-state index in [4.69, 9.17) is 15.2 Å². The third-order valence-electron chi connectivity index (χ3n) is 3.11. The van der Waals surface area contributed by atoms with Crippen LogP contribution in [0.1, 0.15) is 12.8 Å². The molecule has 2 rings (SSSR count). The van der Waals surface area contributed by atoms with E-state index in [-0.39, 0.29) is 12.1 Å². The standard InChI is InChI=1S/C12H18N2O3/c1-16-10-5-8(13)9(6-11(10)17-2)14-12(7-15)3-4-12/h5-6,14-15H,3-4,7,13H2,1-2H3. The van der Waals surface area contributed by atoms with Crippen molar-refractivity contribution in [1.29, 1.82) is 0 Å². The van der Waals surface area contributed by atoms with Gasteiger partial charge in [-0.3, -0.25) is 0 Å². The third-order valence-corrected chi connectivity index (χ3v) is 3.11. The molecule has 0 amide bonds. The molecule has 0 heterocycles. The molecule has 1 fully saturated rings. The molecule has 1 aliphatic rings. The van der Waals surface area contributed by atoms with Crippen LogP contribution in [0.5, 0.6) is 11.5 Å². The number of ether oxygens (including phenoxy) is 2. The fourth-order valence-electron chi connectivity index (χ4n) is 1.76. The number of nitrogens with one attached hydrogen (secondary N) is 1. The minimum atomic E-state index is -0.201. The fraction of sp³-hybridized carbons (Fsp3) is 0.500. The predicted molar refractivity (Wildman–Crippen MR) is 66.6 cm³/mol. The van der Waals surface area contributed by atoms with E-state index in [1.165, 1.54) is 0 Å². The first kappa shape index (κ1) is 11.9. The maximum Gasteiger partial charge on any atom is 0.162 e. The predicted octanol–water partition coefficient (Wildman–Crippen LogP) is 1.22. The monoisotopic (exact) mass is 238 g/mol. The molecule has 0 aromatic heterocycles. The fourth-order valence-corrected chi connectivity index (χ4v) is 1.76. The van der Waals surface area contributed by atoms with E-state index in [9.17, 15) is 5.11 Å². The molecule has 0 radical (unpaired) electrons. The summed E-state index contributed by atoms with van der Waals surface area (Å²) in [4.78, 5) is 0. The van der Waals surface area contributed by atoms with E-state index in [0.717, 1.165) is 18.5 Å². The van der Waals surface area contributed by atoms with Crippen LogP contribution in [0.25, 0.3) is 0 Å². The average Bonchev–Trinajstić information content (AvgIpc) is 3.11. The molecule has 4 N–H and O–H groups in total. The molecule has 0 unspecified atom stereocenters. The highest BCUT2D eigenvalue weighted by Gasteiger charge is 2.42. The van der Waals surface area contributed by atoms with E-state index in [1.54, 1.807) is 26.4 Å². The number of benzene rings is 1. The second kappa shape index (κ2) is 4.33. The number of aliphatic hydroxyl groups excluding tert-OH is 1. The van der Waals surface area contributed by atoms with Gasteiger partial charge in [-0.2, -0.15) is 0 Å². The summed E-state index contributed by atoms with van der Waals surface area (Å²) < 4.78 is 10.4. The highest BCUT2D eigenvalue weighted by Crippen LogP contribution is 2.42. The number of hydrogen-bond acceptors (Lipinski definition) is 5. The number of anilines is 2. The Labute approximate surface area is 101 Å². The minimum Gasteiger partial charge on any atom is -0.493 e. The highest BCUT2D eigenvalue weighted by molar-refractivity contribution is 5.73. The topological polar surface area (TPSA) is 76.7 Å². The zero-order valence-corrected chi connectivity index (χ0v) is 10.1. The summed E-state index contributed by atoms with van der Waals surface area (Å²) in [6.45, 7) is 0.112. The van der Waals surface area contributed by atoms with Crippen LogP contribution in [-0.4, -0.2) is 31.5 Å². The Balaban J connectivity index is 2.28. The molecule has 0 bridgehead atoms. The van der Waals surface area contributed by atoms with Crippen molar-refractivity contribution in [1.82, 2.24) is 0 Å². The second-order valence-electron chi connectivity index (χ2n) is 4.36. The van der Waals surface area contributed by atoms with Gasteiger partial charge in [0.25, 0.3) is 0 Å². The maximum atomic E-state index is 9.28. The van der Waals surface area contributed by atoms with Crippen molar-refractivity contribution in [3.8, 4) is 11.5 Å². The number of nitrogen functional groups attached to an aromatic ring is 1. The summed E-state index contributed by atoms with van der Waals surface area (Å²) >= 11 is 0. The maximum absolute atomic E-state index is 9.28. The van der Waals surface area contributed by atoms with Gasteiger partial charge in [-0.05, 0) is 12.8 Å². The SMILES string of the molecule is COc1cc(N)c(NC2(CO)CC2)cc1OC. The van der Waals surface area contributed by atoms with Gasteiger partial charge in [-0.1, -0.05) is 0 Å². The van der Waals surface area contributed by atoms with Crippen molar-refractivity contribution < 1.29 is 14.6 Å². The molecule has 94 valence electrons. The number of hydrogen-bond donors (Lipinski definition) is 3. The van der Waals surface area contributed by atoms with Crippen LogP contribution in [0.2, 0.25) is 0 Å². The molecule has 17 heavy (non-hydrogen) atoms. The number of methoxy groups -OCH3 is 2. The van der Waals surface area contributed by atoms with Gasteiger partial charge in [0, 0.05) is 12.1 Å². The summed E-state index contributed by atoms with van der Waals surface area (Å²) in [5.41, 5.74) is 7.09. The minimum absolute atomic E-state index is 0.112. The normalized spacial score (nSPS) is 16.4. The van der Waals surface area contributed by atoms with Crippen molar-refractivity contribution in [2.24, 2.45) is 0 Å². The van der Waals surface area contributed by atoms with Crippen LogP contribution in [0, 0.1) is 0 Å². The Bertz CT molecular complexity index is 416.